The summed E-state index contributed by atoms with van der Waals surface area (Å²) >= 11 is 5.65. The van der Waals surface area contributed by atoms with Crippen LogP contribution in [0.4, 0.5) is 0 Å². The largest absolute Gasteiger partial charge is 0.238 e. The zero-order valence-electron chi connectivity index (χ0n) is 11.7. The van der Waals surface area contributed by atoms with Crippen molar-refractivity contribution in [3.63, 3.8) is 0 Å². The lowest BCUT2D eigenvalue weighted by Gasteiger charge is -2.08. The summed E-state index contributed by atoms with van der Waals surface area (Å²) in [5.74, 6) is 0. The van der Waals surface area contributed by atoms with E-state index in [0.29, 0.717) is 5.41 Å². The quantitative estimate of drug-likeness (QED) is 0.916. The standard InChI is InChI=1S/C16H18ClNO2S/c17-9-1-2-13-10-16(7-8-16)11-15(13)12-3-5-14(6-4-12)21(18,19)20/h1,3-6,9H,2,7-8,10-11H2,(H2,18,19,20)/b9-1+. The average molecular weight is 324 g/mol. The zero-order chi connectivity index (χ0) is 15.1. The molecule has 1 aromatic rings. The zero-order valence-corrected chi connectivity index (χ0v) is 13.3. The molecular weight excluding hydrogens is 306 g/mol. The van der Waals surface area contributed by atoms with Crippen molar-refractivity contribution in [2.24, 2.45) is 10.6 Å². The lowest BCUT2D eigenvalue weighted by atomic mass is 9.99. The SMILES string of the molecule is NS(=O)(=O)c1ccc(C2=C(C/C=C/Cl)CC3(CC3)C2)cc1. The van der Waals surface area contributed by atoms with Gasteiger partial charge < -0.3 is 0 Å². The first-order valence-corrected chi connectivity index (χ1v) is 9.01. The number of hydrogen-bond acceptors (Lipinski definition) is 2. The van der Waals surface area contributed by atoms with Gasteiger partial charge in [0, 0.05) is 5.54 Å². The molecule has 0 amide bonds. The molecule has 2 aliphatic rings. The van der Waals surface area contributed by atoms with E-state index in [4.69, 9.17) is 16.7 Å². The van der Waals surface area contributed by atoms with Crippen molar-refractivity contribution in [3.05, 3.63) is 47.0 Å². The molecule has 0 radical (unpaired) electrons. The fraction of sp³-hybridized carbons (Fsp3) is 0.375. The van der Waals surface area contributed by atoms with Gasteiger partial charge in [-0.3, -0.25) is 0 Å². The maximum absolute atomic E-state index is 11.3. The molecule has 5 heteroatoms. The maximum Gasteiger partial charge on any atom is 0.238 e. The molecule has 0 atom stereocenters. The molecule has 3 nitrogen and oxygen atoms in total. The van der Waals surface area contributed by atoms with E-state index in [-0.39, 0.29) is 4.90 Å². The van der Waals surface area contributed by atoms with Gasteiger partial charge in [-0.15, -0.1) is 0 Å². The number of nitrogens with two attached hydrogens (primary N) is 1. The minimum atomic E-state index is -3.63. The van der Waals surface area contributed by atoms with Crippen LogP contribution < -0.4 is 5.14 Å². The van der Waals surface area contributed by atoms with Crippen molar-refractivity contribution in [2.45, 2.75) is 37.0 Å². The summed E-state index contributed by atoms with van der Waals surface area (Å²) < 4.78 is 22.7. The summed E-state index contributed by atoms with van der Waals surface area (Å²) in [6, 6.07) is 6.90. The van der Waals surface area contributed by atoms with Gasteiger partial charge in [0.2, 0.25) is 10.0 Å². The van der Waals surface area contributed by atoms with Crippen LogP contribution in [0.2, 0.25) is 0 Å². The van der Waals surface area contributed by atoms with Crippen molar-refractivity contribution in [1.82, 2.24) is 0 Å². The van der Waals surface area contributed by atoms with Gasteiger partial charge in [-0.1, -0.05) is 35.4 Å². The van der Waals surface area contributed by atoms with Crippen molar-refractivity contribution in [2.75, 3.05) is 0 Å². The van der Waals surface area contributed by atoms with Crippen molar-refractivity contribution < 1.29 is 8.42 Å². The van der Waals surface area contributed by atoms with Gasteiger partial charge in [0.05, 0.1) is 4.90 Å². The molecule has 0 unspecified atom stereocenters. The second kappa shape index (κ2) is 5.27. The highest BCUT2D eigenvalue weighted by molar-refractivity contribution is 7.89. The lowest BCUT2D eigenvalue weighted by molar-refractivity contribution is 0.551. The Morgan fingerprint density at radius 3 is 2.38 bits per heavy atom. The highest BCUT2D eigenvalue weighted by Gasteiger charge is 2.47. The normalized spacial score (nSPS) is 20.7. The minimum Gasteiger partial charge on any atom is -0.225 e. The van der Waals surface area contributed by atoms with Gasteiger partial charge in [-0.05, 0) is 60.8 Å². The monoisotopic (exact) mass is 323 g/mol. The molecule has 3 rings (SSSR count). The Bertz CT molecular complexity index is 713. The van der Waals surface area contributed by atoms with Gasteiger partial charge in [0.1, 0.15) is 0 Å². The van der Waals surface area contributed by atoms with E-state index >= 15 is 0 Å². The third-order valence-electron chi connectivity index (χ3n) is 4.51. The fourth-order valence-corrected chi connectivity index (χ4v) is 3.79. The average Bonchev–Trinajstić information content (AvgIpc) is 3.09. The van der Waals surface area contributed by atoms with Crippen molar-refractivity contribution >= 4 is 27.2 Å². The molecule has 0 heterocycles. The number of halogens is 1. The van der Waals surface area contributed by atoms with Gasteiger partial charge in [-0.2, -0.15) is 0 Å². The van der Waals surface area contributed by atoms with E-state index in [9.17, 15) is 8.42 Å². The van der Waals surface area contributed by atoms with Crippen LogP contribution in [0.15, 0.2) is 46.3 Å². The summed E-state index contributed by atoms with van der Waals surface area (Å²) in [4.78, 5) is 0.160. The maximum atomic E-state index is 11.3. The molecule has 1 fully saturated rings. The summed E-state index contributed by atoms with van der Waals surface area (Å²) in [5.41, 5.74) is 5.91. The fourth-order valence-electron chi connectivity index (χ4n) is 3.19. The molecule has 112 valence electrons. The van der Waals surface area contributed by atoms with Crippen LogP contribution in [-0.4, -0.2) is 8.42 Å². The molecule has 0 aliphatic heterocycles. The first-order valence-electron chi connectivity index (χ1n) is 7.03. The smallest absolute Gasteiger partial charge is 0.225 e. The van der Waals surface area contributed by atoms with Crippen LogP contribution in [0.25, 0.3) is 5.57 Å². The van der Waals surface area contributed by atoms with E-state index in [1.54, 1.807) is 17.7 Å². The second-order valence-electron chi connectivity index (χ2n) is 6.07. The van der Waals surface area contributed by atoms with E-state index < -0.39 is 10.0 Å². The lowest BCUT2D eigenvalue weighted by Crippen LogP contribution is -2.11. The van der Waals surface area contributed by atoms with Crippen LogP contribution in [-0.2, 0) is 10.0 Å². The highest BCUT2D eigenvalue weighted by atomic mass is 35.5. The number of rotatable bonds is 4. The number of hydrogen-bond donors (Lipinski definition) is 1. The second-order valence-corrected chi connectivity index (χ2v) is 7.88. The summed E-state index contributed by atoms with van der Waals surface area (Å²) in [6.07, 6.45) is 7.65. The first kappa shape index (κ1) is 14.8. The molecule has 1 saturated carbocycles. The van der Waals surface area contributed by atoms with Crippen LogP contribution in [0, 0.1) is 5.41 Å². The van der Waals surface area contributed by atoms with E-state index in [2.05, 4.69) is 0 Å². The van der Waals surface area contributed by atoms with Crippen LogP contribution in [0.5, 0.6) is 0 Å². The van der Waals surface area contributed by atoms with Crippen LogP contribution >= 0.6 is 11.6 Å². The summed E-state index contributed by atoms with van der Waals surface area (Å²) in [6.45, 7) is 0. The third kappa shape index (κ3) is 3.07. The Morgan fingerprint density at radius 2 is 1.86 bits per heavy atom. The van der Waals surface area contributed by atoms with Crippen LogP contribution in [0.1, 0.15) is 37.7 Å². The van der Waals surface area contributed by atoms with Gasteiger partial charge in [0.25, 0.3) is 0 Å². The Balaban J connectivity index is 1.92. The Labute approximate surface area is 130 Å². The highest BCUT2D eigenvalue weighted by Crippen LogP contribution is 2.62. The summed E-state index contributed by atoms with van der Waals surface area (Å²) in [5, 5.41) is 5.14. The third-order valence-corrected chi connectivity index (χ3v) is 5.62. The predicted molar refractivity (Wildman–Crippen MR) is 85.2 cm³/mol. The molecule has 1 spiro atoms. The Morgan fingerprint density at radius 1 is 1.19 bits per heavy atom. The minimum absolute atomic E-state index is 0.160. The number of primary sulfonamides is 1. The van der Waals surface area contributed by atoms with Gasteiger partial charge >= 0.3 is 0 Å². The van der Waals surface area contributed by atoms with E-state index in [0.717, 1.165) is 24.8 Å². The Hall–Kier alpha value is -1.10. The molecule has 1 aromatic carbocycles. The molecule has 2 aliphatic carbocycles. The molecule has 21 heavy (non-hydrogen) atoms. The molecule has 0 saturated heterocycles. The number of allylic oxidation sites excluding steroid dienone is 3. The Kier molecular flexibility index (Phi) is 3.72. The molecule has 2 N–H and O–H groups in total. The van der Waals surface area contributed by atoms with Crippen molar-refractivity contribution in [3.8, 4) is 0 Å². The van der Waals surface area contributed by atoms with Gasteiger partial charge in [0.15, 0.2) is 0 Å². The van der Waals surface area contributed by atoms with E-state index in [1.807, 2.05) is 18.2 Å². The van der Waals surface area contributed by atoms with Crippen molar-refractivity contribution in [1.29, 1.82) is 0 Å². The molecule has 0 aromatic heterocycles. The molecule has 0 bridgehead atoms. The molecular formula is C16H18ClNO2S. The summed E-state index contributed by atoms with van der Waals surface area (Å²) in [7, 11) is -3.63. The number of sulfonamides is 1. The topological polar surface area (TPSA) is 60.2 Å². The first-order chi connectivity index (χ1) is 9.93. The van der Waals surface area contributed by atoms with Crippen LogP contribution in [0.3, 0.4) is 0 Å². The van der Waals surface area contributed by atoms with E-state index in [1.165, 1.54) is 24.0 Å². The number of benzene rings is 1. The van der Waals surface area contributed by atoms with Gasteiger partial charge in [-0.25, -0.2) is 13.6 Å². The predicted octanol–water partition coefficient (Wildman–Crippen LogP) is 3.80.